The summed E-state index contributed by atoms with van der Waals surface area (Å²) in [6.45, 7) is 9.71. The Hall–Kier alpha value is -0.240. The van der Waals surface area contributed by atoms with Crippen LogP contribution < -0.4 is 0 Å². The van der Waals surface area contributed by atoms with E-state index in [0.717, 1.165) is 58.8 Å². The SMILES string of the molecule is COC1CC(OCC23CO[C@H]2C3OCCCOC2CN(C(C)C)C2)C1. The van der Waals surface area contributed by atoms with Crippen molar-refractivity contribution in [1.29, 1.82) is 0 Å². The highest BCUT2D eigenvalue weighted by atomic mass is 16.6. The van der Waals surface area contributed by atoms with E-state index in [1.807, 2.05) is 0 Å². The van der Waals surface area contributed by atoms with Gasteiger partial charge in [-0.3, -0.25) is 4.90 Å². The van der Waals surface area contributed by atoms with Crippen molar-refractivity contribution in [1.82, 2.24) is 4.90 Å². The van der Waals surface area contributed by atoms with Gasteiger partial charge in [-0.1, -0.05) is 0 Å². The smallest absolute Gasteiger partial charge is 0.0971 e. The number of likely N-dealkylation sites (tertiary alicyclic amines) is 1. The van der Waals surface area contributed by atoms with E-state index in [9.17, 15) is 0 Å². The van der Waals surface area contributed by atoms with Gasteiger partial charge in [0.2, 0.25) is 0 Å². The van der Waals surface area contributed by atoms with Gasteiger partial charge in [-0.15, -0.1) is 0 Å². The van der Waals surface area contributed by atoms with Crippen LogP contribution in [0.3, 0.4) is 0 Å². The van der Waals surface area contributed by atoms with Crippen LogP contribution in [0, 0.1) is 5.41 Å². The monoisotopic (exact) mass is 355 g/mol. The molecule has 0 aromatic heterocycles. The Kier molecular flexibility index (Phi) is 5.38. The summed E-state index contributed by atoms with van der Waals surface area (Å²) in [5.41, 5.74) is 0.144. The van der Waals surface area contributed by atoms with Crippen molar-refractivity contribution in [3.8, 4) is 0 Å². The van der Waals surface area contributed by atoms with E-state index in [2.05, 4.69) is 18.7 Å². The van der Waals surface area contributed by atoms with Gasteiger partial charge < -0.3 is 23.7 Å². The number of methoxy groups -OCH3 is 1. The second-order valence-corrected chi connectivity index (χ2v) is 8.41. The predicted octanol–water partition coefficient (Wildman–Crippen LogP) is 1.46. The topological polar surface area (TPSA) is 49.4 Å². The quantitative estimate of drug-likeness (QED) is 0.523. The summed E-state index contributed by atoms with van der Waals surface area (Å²) in [6.07, 6.45) is 4.67. The summed E-state index contributed by atoms with van der Waals surface area (Å²) in [7, 11) is 1.77. The number of fused-ring (bicyclic) bond motifs is 1. The van der Waals surface area contributed by atoms with Crippen molar-refractivity contribution in [2.75, 3.05) is 46.6 Å². The van der Waals surface area contributed by atoms with Gasteiger partial charge in [0, 0.05) is 39.5 Å². The second-order valence-electron chi connectivity index (χ2n) is 8.41. The summed E-state index contributed by atoms with van der Waals surface area (Å²) in [5.74, 6) is 0. The fourth-order valence-corrected chi connectivity index (χ4v) is 4.07. The number of ether oxygens (including phenoxy) is 5. The molecule has 4 aliphatic rings. The first kappa shape index (κ1) is 18.1. The summed E-state index contributed by atoms with van der Waals surface area (Å²) in [5, 5.41) is 0. The second kappa shape index (κ2) is 7.41. The Labute approximate surface area is 151 Å². The van der Waals surface area contributed by atoms with Crippen LogP contribution in [-0.2, 0) is 23.7 Å². The first-order chi connectivity index (χ1) is 12.1. The Morgan fingerprint density at radius 1 is 1.04 bits per heavy atom. The van der Waals surface area contributed by atoms with Crippen LogP contribution in [0.2, 0.25) is 0 Å². The molecule has 0 N–H and O–H groups in total. The number of hydrogen-bond donors (Lipinski definition) is 0. The fraction of sp³-hybridized carbons (Fsp3) is 1.00. The molecule has 4 fully saturated rings. The lowest BCUT2D eigenvalue weighted by Crippen LogP contribution is -2.55. The zero-order chi connectivity index (χ0) is 17.4. The zero-order valence-corrected chi connectivity index (χ0v) is 15.8. The summed E-state index contributed by atoms with van der Waals surface area (Å²) in [6, 6.07) is 0.632. The summed E-state index contributed by atoms with van der Waals surface area (Å²) >= 11 is 0. The van der Waals surface area contributed by atoms with E-state index < -0.39 is 0 Å². The number of hydrogen-bond acceptors (Lipinski definition) is 6. The lowest BCUT2D eigenvalue weighted by atomic mass is 9.91. The molecular weight excluding hydrogens is 322 g/mol. The minimum Gasteiger partial charge on any atom is -0.381 e. The number of rotatable bonds is 11. The maximum Gasteiger partial charge on any atom is 0.0971 e. The Morgan fingerprint density at radius 3 is 2.44 bits per heavy atom. The molecule has 0 bridgehead atoms. The van der Waals surface area contributed by atoms with Crippen LogP contribution in [0.25, 0.3) is 0 Å². The van der Waals surface area contributed by atoms with Crippen molar-refractivity contribution in [3.05, 3.63) is 0 Å². The van der Waals surface area contributed by atoms with E-state index in [1.165, 1.54) is 0 Å². The molecule has 6 nitrogen and oxygen atoms in total. The van der Waals surface area contributed by atoms with Gasteiger partial charge in [-0.25, -0.2) is 0 Å². The first-order valence-corrected chi connectivity index (χ1v) is 9.85. The van der Waals surface area contributed by atoms with Gasteiger partial charge in [0.05, 0.1) is 49.1 Å². The van der Waals surface area contributed by atoms with Gasteiger partial charge in [0.15, 0.2) is 0 Å². The normalized spacial score (nSPS) is 40.3. The molecule has 3 atom stereocenters. The third-order valence-corrected chi connectivity index (χ3v) is 6.35. The average Bonchev–Trinajstić information content (AvgIpc) is 2.92. The predicted molar refractivity (Wildman–Crippen MR) is 92.8 cm³/mol. The number of nitrogens with zero attached hydrogens (tertiary/aromatic N) is 1. The van der Waals surface area contributed by atoms with Crippen LogP contribution in [-0.4, -0.2) is 88.1 Å². The lowest BCUT2D eigenvalue weighted by Gasteiger charge is -2.41. The third-order valence-electron chi connectivity index (χ3n) is 6.35. The van der Waals surface area contributed by atoms with Gasteiger partial charge in [-0.05, 0) is 33.1 Å². The highest BCUT2D eigenvalue weighted by molar-refractivity contribution is 5.21. The molecule has 0 spiro atoms. The van der Waals surface area contributed by atoms with E-state index in [1.54, 1.807) is 7.11 Å². The Morgan fingerprint density at radius 2 is 1.80 bits per heavy atom. The van der Waals surface area contributed by atoms with Crippen LogP contribution >= 0.6 is 0 Å². The van der Waals surface area contributed by atoms with Gasteiger partial charge >= 0.3 is 0 Å². The van der Waals surface area contributed by atoms with Crippen molar-refractivity contribution < 1.29 is 23.7 Å². The molecule has 2 aliphatic carbocycles. The van der Waals surface area contributed by atoms with E-state index >= 15 is 0 Å². The Bertz CT molecular complexity index is 449. The molecule has 0 aromatic carbocycles. The standard InChI is InChI=1S/C19H33NO5/c1-13(2)20-9-16(10-20)22-5-4-6-23-17-18-19(17,12-25-18)11-24-15-7-14(8-15)21-3/h13-18H,4-12H2,1-3H3/t14?,15?,17?,18-,19?/m0/s1. The largest absolute Gasteiger partial charge is 0.381 e. The van der Waals surface area contributed by atoms with E-state index in [0.29, 0.717) is 24.4 Å². The van der Waals surface area contributed by atoms with Crippen molar-refractivity contribution in [2.45, 2.75) is 69.7 Å². The van der Waals surface area contributed by atoms with E-state index in [-0.39, 0.29) is 17.6 Å². The van der Waals surface area contributed by atoms with Crippen molar-refractivity contribution >= 4 is 0 Å². The van der Waals surface area contributed by atoms with Crippen LogP contribution in [0.4, 0.5) is 0 Å². The van der Waals surface area contributed by atoms with E-state index in [4.69, 9.17) is 23.7 Å². The molecule has 2 heterocycles. The van der Waals surface area contributed by atoms with Crippen LogP contribution in [0.1, 0.15) is 33.1 Å². The minimum atomic E-state index is 0.144. The zero-order valence-electron chi connectivity index (χ0n) is 15.8. The maximum atomic E-state index is 6.04. The average molecular weight is 355 g/mol. The molecule has 2 saturated heterocycles. The molecule has 25 heavy (non-hydrogen) atoms. The molecule has 4 rings (SSSR count). The highest BCUT2D eigenvalue weighted by Crippen LogP contribution is 2.59. The minimum absolute atomic E-state index is 0.144. The molecule has 6 heteroatoms. The molecule has 0 radical (unpaired) electrons. The fourth-order valence-electron chi connectivity index (χ4n) is 4.07. The first-order valence-electron chi connectivity index (χ1n) is 9.85. The van der Waals surface area contributed by atoms with Gasteiger partial charge in [-0.2, -0.15) is 0 Å². The summed E-state index contributed by atoms with van der Waals surface area (Å²) < 4.78 is 28.9. The maximum absolute atomic E-state index is 6.04. The molecule has 144 valence electrons. The third kappa shape index (κ3) is 3.62. The Balaban J connectivity index is 1.04. The summed E-state index contributed by atoms with van der Waals surface area (Å²) in [4.78, 5) is 2.43. The molecule has 2 aliphatic heterocycles. The molecule has 2 saturated carbocycles. The molecular formula is C19H33NO5. The van der Waals surface area contributed by atoms with Crippen LogP contribution in [0.15, 0.2) is 0 Å². The molecule has 0 aromatic rings. The highest BCUT2D eigenvalue weighted by Gasteiger charge is 2.74. The molecule has 0 amide bonds. The lowest BCUT2D eigenvalue weighted by molar-refractivity contribution is -0.133. The molecule has 2 unspecified atom stereocenters. The van der Waals surface area contributed by atoms with Gasteiger partial charge in [0.25, 0.3) is 0 Å². The van der Waals surface area contributed by atoms with Gasteiger partial charge in [0.1, 0.15) is 0 Å². The van der Waals surface area contributed by atoms with Crippen molar-refractivity contribution in [2.24, 2.45) is 5.41 Å². The van der Waals surface area contributed by atoms with Crippen molar-refractivity contribution in [3.63, 3.8) is 0 Å². The van der Waals surface area contributed by atoms with Crippen LogP contribution in [0.5, 0.6) is 0 Å².